The number of rotatable bonds is 5. The van der Waals surface area contributed by atoms with Crippen molar-refractivity contribution in [2.45, 2.75) is 37.9 Å². The maximum Gasteiger partial charge on any atom is 0.224 e. The summed E-state index contributed by atoms with van der Waals surface area (Å²) in [6.45, 7) is 1.84. The lowest BCUT2D eigenvalue weighted by Crippen LogP contribution is -2.43. The number of carbonyl (C=O) groups is 1. The Morgan fingerprint density at radius 1 is 1.47 bits per heavy atom. The van der Waals surface area contributed by atoms with E-state index in [0.29, 0.717) is 24.4 Å². The molecule has 3 rings (SSSR count). The molecule has 1 saturated heterocycles. The van der Waals surface area contributed by atoms with E-state index in [1.807, 2.05) is 11.8 Å². The SMILES string of the molecule is O=C(CC1CSCCN1)N(Cc1ccsc1)C1CC1. The fraction of sp³-hybridized carbons (Fsp3) is 0.643. The number of carbonyl (C=O) groups excluding carboxylic acids is 1. The van der Waals surface area contributed by atoms with Gasteiger partial charge in [0.2, 0.25) is 5.91 Å². The van der Waals surface area contributed by atoms with Crippen molar-refractivity contribution in [3.63, 3.8) is 0 Å². The molecule has 0 spiro atoms. The van der Waals surface area contributed by atoms with Gasteiger partial charge in [-0.15, -0.1) is 0 Å². The van der Waals surface area contributed by atoms with Crippen molar-refractivity contribution in [1.29, 1.82) is 0 Å². The Balaban J connectivity index is 1.57. The first kappa shape index (κ1) is 13.5. The Bertz CT molecular complexity index is 411. The molecule has 1 saturated carbocycles. The summed E-state index contributed by atoms with van der Waals surface area (Å²) in [5.74, 6) is 2.57. The highest BCUT2D eigenvalue weighted by atomic mass is 32.2. The molecular formula is C14H20N2OS2. The third-order valence-corrected chi connectivity index (χ3v) is 5.52. The number of hydrogen-bond donors (Lipinski definition) is 1. The van der Waals surface area contributed by atoms with Crippen molar-refractivity contribution in [1.82, 2.24) is 10.2 Å². The second kappa shape index (κ2) is 6.29. The molecule has 1 aromatic heterocycles. The van der Waals surface area contributed by atoms with Gasteiger partial charge in [-0.3, -0.25) is 4.79 Å². The van der Waals surface area contributed by atoms with Crippen LogP contribution in [0.5, 0.6) is 0 Å². The number of amides is 1. The van der Waals surface area contributed by atoms with Crippen molar-refractivity contribution in [3.8, 4) is 0 Å². The lowest BCUT2D eigenvalue weighted by atomic mass is 10.2. The van der Waals surface area contributed by atoms with Crippen LogP contribution in [0.4, 0.5) is 0 Å². The molecule has 0 aromatic carbocycles. The summed E-state index contributed by atoms with van der Waals surface area (Å²) in [4.78, 5) is 14.6. The van der Waals surface area contributed by atoms with E-state index in [1.54, 1.807) is 11.3 Å². The van der Waals surface area contributed by atoms with Gasteiger partial charge in [-0.05, 0) is 35.2 Å². The molecule has 2 heterocycles. The number of nitrogens with zero attached hydrogens (tertiary/aromatic N) is 1. The van der Waals surface area contributed by atoms with E-state index in [4.69, 9.17) is 0 Å². The van der Waals surface area contributed by atoms with E-state index in [0.717, 1.165) is 18.8 Å². The smallest absolute Gasteiger partial charge is 0.224 e. The van der Waals surface area contributed by atoms with Gasteiger partial charge in [-0.2, -0.15) is 23.1 Å². The van der Waals surface area contributed by atoms with E-state index in [1.165, 1.54) is 24.2 Å². The van der Waals surface area contributed by atoms with Crippen LogP contribution in [0.3, 0.4) is 0 Å². The topological polar surface area (TPSA) is 32.3 Å². The molecule has 0 bridgehead atoms. The minimum absolute atomic E-state index is 0.328. The van der Waals surface area contributed by atoms with Crippen LogP contribution in [-0.2, 0) is 11.3 Å². The maximum atomic E-state index is 12.5. The minimum Gasteiger partial charge on any atom is -0.335 e. The largest absolute Gasteiger partial charge is 0.335 e. The summed E-state index contributed by atoms with van der Waals surface area (Å²) in [5.41, 5.74) is 1.27. The van der Waals surface area contributed by atoms with E-state index in [9.17, 15) is 4.79 Å². The Morgan fingerprint density at radius 3 is 3.00 bits per heavy atom. The summed E-state index contributed by atoms with van der Waals surface area (Å²) < 4.78 is 0. The van der Waals surface area contributed by atoms with Crippen molar-refractivity contribution < 1.29 is 4.79 Å². The highest BCUT2D eigenvalue weighted by Crippen LogP contribution is 2.29. The van der Waals surface area contributed by atoms with Crippen LogP contribution in [0.1, 0.15) is 24.8 Å². The standard InChI is InChI=1S/C14H20N2OS2/c17-14(7-12-10-19-6-4-15-12)16(13-1-2-13)8-11-3-5-18-9-11/h3,5,9,12-13,15H,1-2,4,6-8,10H2. The quantitative estimate of drug-likeness (QED) is 0.905. The predicted molar refractivity (Wildman–Crippen MR) is 81.6 cm³/mol. The number of thioether (sulfide) groups is 1. The molecule has 2 fully saturated rings. The first-order chi connectivity index (χ1) is 9.33. The van der Waals surface area contributed by atoms with Crippen LogP contribution < -0.4 is 5.32 Å². The Labute approximate surface area is 122 Å². The number of thiophene rings is 1. The van der Waals surface area contributed by atoms with Gasteiger partial charge in [0.1, 0.15) is 0 Å². The highest BCUT2D eigenvalue weighted by Gasteiger charge is 2.33. The van der Waals surface area contributed by atoms with Gasteiger partial charge in [-0.25, -0.2) is 0 Å². The van der Waals surface area contributed by atoms with Gasteiger partial charge in [0.05, 0.1) is 0 Å². The molecule has 1 unspecified atom stereocenters. The molecular weight excluding hydrogens is 276 g/mol. The Kier molecular flexibility index (Phi) is 4.45. The van der Waals surface area contributed by atoms with Crippen LogP contribution in [0.15, 0.2) is 16.8 Å². The molecule has 2 aliphatic rings. The fourth-order valence-corrected chi connectivity index (χ4v) is 4.07. The molecule has 1 aromatic rings. The van der Waals surface area contributed by atoms with E-state index >= 15 is 0 Å². The lowest BCUT2D eigenvalue weighted by Gasteiger charge is -2.27. The first-order valence-corrected chi connectivity index (χ1v) is 9.04. The molecule has 5 heteroatoms. The summed E-state index contributed by atoms with van der Waals surface area (Å²) in [5, 5.41) is 7.69. The second-order valence-electron chi connectivity index (χ2n) is 5.31. The van der Waals surface area contributed by atoms with Gasteiger partial charge in [0.25, 0.3) is 0 Å². The van der Waals surface area contributed by atoms with Crippen molar-refractivity contribution in [2.24, 2.45) is 0 Å². The highest BCUT2D eigenvalue weighted by molar-refractivity contribution is 7.99. The zero-order valence-electron chi connectivity index (χ0n) is 11.0. The number of nitrogens with one attached hydrogen (secondary N) is 1. The molecule has 1 atom stereocenters. The third-order valence-electron chi connectivity index (χ3n) is 3.66. The summed E-state index contributed by atoms with van der Waals surface area (Å²) in [6, 6.07) is 3.00. The molecule has 0 radical (unpaired) electrons. The van der Waals surface area contributed by atoms with E-state index in [2.05, 4.69) is 27.0 Å². The zero-order chi connectivity index (χ0) is 13.1. The predicted octanol–water partition coefficient (Wildman–Crippen LogP) is 2.33. The summed E-state index contributed by atoms with van der Waals surface area (Å²) >= 11 is 3.66. The van der Waals surface area contributed by atoms with E-state index < -0.39 is 0 Å². The number of hydrogen-bond acceptors (Lipinski definition) is 4. The van der Waals surface area contributed by atoms with Crippen molar-refractivity contribution in [3.05, 3.63) is 22.4 Å². The molecule has 3 nitrogen and oxygen atoms in total. The van der Waals surface area contributed by atoms with Crippen LogP contribution in [0.2, 0.25) is 0 Å². The van der Waals surface area contributed by atoms with Gasteiger partial charge in [0.15, 0.2) is 0 Å². The minimum atomic E-state index is 0.328. The van der Waals surface area contributed by atoms with Crippen LogP contribution in [0, 0.1) is 0 Å². The Morgan fingerprint density at radius 2 is 2.37 bits per heavy atom. The molecule has 1 aliphatic carbocycles. The molecule has 1 amide bonds. The second-order valence-corrected chi connectivity index (χ2v) is 7.24. The van der Waals surface area contributed by atoms with Gasteiger partial charge in [-0.1, -0.05) is 0 Å². The van der Waals surface area contributed by atoms with Crippen LogP contribution >= 0.6 is 23.1 Å². The lowest BCUT2D eigenvalue weighted by molar-refractivity contribution is -0.132. The molecule has 19 heavy (non-hydrogen) atoms. The third kappa shape index (κ3) is 3.74. The molecule has 104 valence electrons. The zero-order valence-corrected chi connectivity index (χ0v) is 12.6. The van der Waals surface area contributed by atoms with Crippen molar-refractivity contribution in [2.75, 3.05) is 18.1 Å². The normalized spacial score (nSPS) is 23.3. The fourth-order valence-electron chi connectivity index (χ4n) is 2.47. The average Bonchev–Trinajstić information content (AvgIpc) is 3.14. The van der Waals surface area contributed by atoms with Crippen LogP contribution in [0.25, 0.3) is 0 Å². The van der Waals surface area contributed by atoms with Gasteiger partial charge in [0, 0.05) is 43.1 Å². The average molecular weight is 296 g/mol. The summed E-state index contributed by atoms with van der Waals surface area (Å²) in [7, 11) is 0. The Hall–Kier alpha value is -0.520. The van der Waals surface area contributed by atoms with Gasteiger partial charge >= 0.3 is 0 Å². The molecule has 1 N–H and O–H groups in total. The maximum absolute atomic E-state index is 12.5. The van der Waals surface area contributed by atoms with Crippen LogP contribution in [-0.4, -0.2) is 40.9 Å². The van der Waals surface area contributed by atoms with Gasteiger partial charge < -0.3 is 10.2 Å². The van der Waals surface area contributed by atoms with E-state index in [-0.39, 0.29) is 0 Å². The first-order valence-electron chi connectivity index (χ1n) is 6.94. The molecule has 1 aliphatic heterocycles. The van der Waals surface area contributed by atoms with Crippen molar-refractivity contribution >= 4 is 29.0 Å². The monoisotopic (exact) mass is 296 g/mol. The summed E-state index contributed by atoms with van der Waals surface area (Å²) in [6.07, 6.45) is 3.03.